The highest BCUT2D eigenvalue weighted by molar-refractivity contribution is 6.64. The summed E-state index contributed by atoms with van der Waals surface area (Å²) in [7, 11) is 0. The van der Waals surface area contributed by atoms with Gasteiger partial charge in [0.05, 0.1) is 19.1 Å². The van der Waals surface area contributed by atoms with Gasteiger partial charge in [0.15, 0.2) is 0 Å². The van der Waals surface area contributed by atoms with E-state index in [0.29, 0.717) is 6.54 Å². The van der Waals surface area contributed by atoms with Gasteiger partial charge in [0, 0.05) is 39.1 Å². The van der Waals surface area contributed by atoms with E-state index in [2.05, 4.69) is 4.90 Å². The van der Waals surface area contributed by atoms with Gasteiger partial charge in [-0.3, -0.25) is 14.5 Å². The number of nitrogens with zero attached hydrogens (tertiary/aromatic N) is 2. The van der Waals surface area contributed by atoms with Crippen LogP contribution < -0.4 is 0 Å². The van der Waals surface area contributed by atoms with Crippen molar-refractivity contribution in [3.63, 3.8) is 0 Å². The monoisotopic (exact) mass is 274 g/mol. The Morgan fingerprint density at radius 2 is 2.06 bits per heavy atom. The van der Waals surface area contributed by atoms with Gasteiger partial charge in [-0.25, -0.2) is 0 Å². The first-order chi connectivity index (χ1) is 8.66. The SMILES string of the molecule is O=C(Cl)[C@H]1CC(=O)N(CCCN2CCOCC2)C1. The Balaban J connectivity index is 1.67. The van der Waals surface area contributed by atoms with Crippen LogP contribution in [0.2, 0.25) is 0 Å². The maximum Gasteiger partial charge on any atom is 0.227 e. The molecule has 0 aromatic rings. The first-order valence-corrected chi connectivity index (χ1v) is 6.82. The van der Waals surface area contributed by atoms with E-state index in [1.165, 1.54) is 0 Å². The molecule has 0 bridgehead atoms. The number of hydrogen-bond acceptors (Lipinski definition) is 4. The number of morpholine rings is 1. The fraction of sp³-hybridized carbons (Fsp3) is 0.833. The Morgan fingerprint density at radius 3 is 2.67 bits per heavy atom. The quantitative estimate of drug-likeness (QED) is 0.678. The maximum absolute atomic E-state index is 11.7. The van der Waals surface area contributed by atoms with Crippen LogP contribution in [0.25, 0.3) is 0 Å². The molecule has 2 fully saturated rings. The second kappa shape index (κ2) is 6.50. The van der Waals surface area contributed by atoms with Crippen LogP contribution in [0.3, 0.4) is 0 Å². The molecule has 0 spiro atoms. The molecule has 6 heteroatoms. The third-order valence-corrected chi connectivity index (χ3v) is 3.85. The summed E-state index contributed by atoms with van der Waals surface area (Å²) in [6, 6.07) is 0. The van der Waals surface area contributed by atoms with Crippen molar-refractivity contribution in [1.82, 2.24) is 9.80 Å². The molecule has 5 nitrogen and oxygen atoms in total. The molecule has 0 unspecified atom stereocenters. The topological polar surface area (TPSA) is 49.9 Å². The van der Waals surface area contributed by atoms with Gasteiger partial charge >= 0.3 is 0 Å². The van der Waals surface area contributed by atoms with Gasteiger partial charge in [-0.15, -0.1) is 0 Å². The second-order valence-electron chi connectivity index (χ2n) is 4.85. The average Bonchev–Trinajstić information content (AvgIpc) is 2.73. The van der Waals surface area contributed by atoms with Crippen LogP contribution in [0, 0.1) is 5.92 Å². The lowest BCUT2D eigenvalue weighted by Crippen LogP contribution is -2.38. The number of amides is 1. The molecule has 2 aliphatic rings. The van der Waals surface area contributed by atoms with E-state index in [1.54, 1.807) is 4.90 Å². The molecule has 2 aliphatic heterocycles. The van der Waals surface area contributed by atoms with Crippen molar-refractivity contribution in [2.45, 2.75) is 12.8 Å². The third-order valence-electron chi connectivity index (χ3n) is 3.54. The van der Waals surface area contributed by atoms with Crippen LogP contribution in [0.1, 0.15) is 12.8 Å². The summed E-state index contributed by atoms with van der Waals surface area (Å²) in [4.78, 5) is 26.8. The molecule has 2 saturated heterocycles. The Kier molecular flexibility index (Phi) is 4.97. The molecule has 102 valence electrons. The molecule has 0 N–H and O–H groups in total. The molecule has 0 aromatic heterocycles. The predicted molar refractivity (Wildman–Crippen MR) is 67.4 cm³/mol. The molecule has 2 rings (SSSR count). The zero-order chi connectivity index (χ0) is 13.0. The number of halogens is 1. The van der Waals surface area contributed by atoms with Crippen LogP contribution >= 0.6 is 11.6 Å². The molecule has 0 saturated carbocycles. The lowest BCUT2D eigenvalue weighted by atomic mass is 10.1. The van der Waals surface area contributed by atoms with Crippen molar-refractivity contribution in [2.75, 3.05) is 45.9 Å². The Bertz CT molecular complexity index is 318. The van der Waals surface area contributed by atoms with Crippen LogP contribution in [-0.4, -0.2) is 66.9 Å². The van der Waals surface area contributed by atoms with Crippen molar-refractivity contribution in [3.8, 4) is 0 Å². The Hall–Kier alpha value is -0.650. The summed E-state index contributed by atoms with van der Waals surface area (Å²) in [6.07, 6.45) is 1.22. The molecule has 0 radical (unpaired) electrons. The van der Waals surface area contributed by atoms with Gasteiger partial charge in [-0.05, 0) is 18.0 Å². The smallest absolute Gasteiger partial charge is 0.227 e. The third kappa shape index (κ3) is 3.67. The minimum absolute atomic E-state index is 0.0518. The van der Waals surface area contributed by atoms with Gasteiger partial charge in [-0.2, -0.15) is 0 Å². The molecule has 18 heavy (non-hydrogen) atoms. The van der Waals surface area contributed by atoms with E-state index in [9.17, 15) is 9.59 Å². The summed E-state index contributed by atoms with van der Waals surface area (Å²) in [6.45, 7) is 5.72. The Labute approximate surface area is 112 Å². The predicted octanol–water partition coefficient (Wildman–Crippen LogP) is 0.323. The van der Waals surface area contributed by atoms with E-state index in [-0.39, 0.29) is 23.5 Å². The fourth-order valence-electron chi connectivity index (χ4n) is 2.45. The highest BCUT2D eigenvalue weighted by Gasteiger charge is 2.32. The fourth-order valence-corrected chi connectivity index (χ4v) is 2.60. The van der Waals surface area contributed by atoms with Gasteiger partial charge in [0.2, 0.25) is 11.1 Å². The first-order valence-electron chi connectivity index (χ1n) is 6.44. The van der Waals surface area contributed by atoms with Crippen LogP contribution in [0.15, 0.2) is 0 Å². The van der Waals surface area contributed by atoms with Gasteiger partial charge < -0.3 is 9.64 Å². The van der Waals surface area contributed by atoms with E-state index < -0.39 is 0 Å². The summed E-state index contributed by atoms with van der Waals surface area (Å²) < 4.78 is 5.28. The minimum Gasteiger partial charge on any atom is -0.379 e. The summed E-state index contributed by atoms with van der Waals surface area (Å²) in [5, 5.41) is -0.390. The zero-order valence-corrected chi connectivity index (χ0v) is 11.2. The van der Waals surface area contributed by atoms with Crippen molar-refractivity contribution < 1.29 is 14.3 Å². The second-order valence-corrected chi connectivity index (χ2v) is 5.23. The largest absolute Gasteiger partial charge is 0.379 e. The van der Waals surface area contributed by atoms with E-state index in [1.807, 2.05) is 0 Å². The molecule has 1 atom stereocenters. The summed E-state index contributed by atoms with van der Waals surface area (Å²) >= 11 is 5.43. The zero-order valence-electron chi connectivity index (χ0n) is 10.4. The number of rotatable bonds is 5. The van der Waals surface area contributed by atoms with Crippen LogP contribution in [0.4, 0.5) is 0 Å². The number of ether oxygens (including phenoxy) is 1. The van der Waals surface area contributed by atoms with Crippen LogP contribution in [0.5, 0.6) is 0 Å². The van der Waals surface area contributed by atoms with E-state index >= 15 is 0 Å². The highest BCUT2D eigenvalue weighted by Crippen LogP contribution is 2.20. The molecule has 2 heterocycles. The standard InChI is InChI=1S/C12H19ClN2O3/c13-12(17)10-8-11(16)15(9-10)3-1-2-14-4-6-18-7-5-14/h10H,1-9H2/t10-/m0/s1. The first kappa shape index (κ1) is 13.8. The average molecular weight is 275 g/mol. The van der Waals surface area contributed by atoms with Gasteiger partial charge in [0.1, 0.15) is 0 Å². The highest BCUT2D eigenvalue weighted by atomic mass is 35.5. The Morgan fingerprint density at radius 1 is 1.33 bits per heavy atom. The number of hydrogen-bond donors (Lipinski definition) is 0. The maximum atomic E-state index is 11.7. The van der Waals surface area contributed by atoms with Crippen molar-refractivity contribution in [3.05, 3.63) is 0 Å². The molecule has 0 aliphatic carbocycles. The van der Waals surface area contributed by atoms with Crippen LogP contribution in [-0.2, 0) is 14.3 Å². The minimum atomic E-state index is -0.390. The van der Waals surface area contributed by atoms with Crippen molar-refractivity contribution in [2.24, 2.45) is 5.92 Å². The van der Waals surface area contributed by atoms with Crippen molar-refractivity contribution >= 4 is 22.8 Å². The number of carbonyl (C=O) groups excluding carboxylic acids is 2. The molecular weight excluding hydrogens is 256 g/mol. The normalized spacial score (nSPS) is 25.7. The number of likely N-dealkylation sites (tertiary alicyclic amines) is 1. The molecule has 1 amide bonds. The van der Waals surface area contributed by atoms with E-state index in [0.717, 1.165) is 45.8 Å². The molecular formula is C12H19ClN2O3. The van der Waals surface area contributed by atoms with Crippen molar-refractivity contribution in [1.29, 1.82) is 0 Å². The number of carbonyl (C=O) groups is 2. The summed E-state index contributed by atoms with van der Waals surface area (Å²) in [5.41, 5.74) is 0. The van der Waals surface area contributed by atoms with Gasteiger partial charge in [0.25, 0.3) is 0 Å². The summed E-state index contributed by atoms with van der Waals surface area (Å²) in [5.74, 6) is -0.251. The van der Waals surface area contributed by atoms with Gasteiger partial charge in [-0.1, -0.05) is 0 Å². The lowest BCUT2D eigenvalue weighted by Gasteiger charge is -2.27. The lowest BCUT2D eigenvalue weighted by molar-refractivity contribution is -0.128. The van der Waals surface area contributed by atoms with E-state index in [4.69, 9.17) is 16.3 Å². The molecule has 0 aromatic carbocycles.